The van der Waals surface area contributed by atoms with Crippen molar-refractivity contribution < 1.29 is 14.3 Å². The van der Waals surface area contributed by atoms with E-state index in [1.807, 2.05) is 65.0 Å². The molecule has 11 nitrogen and oxygen atoms in total. The maximum absolute atomic E-state index is 12.3. The lowest BCUT2D eigenvalue weighted by atomic mass is 10.1. The van der Waals surface area contributed by atoms with Gasteiger partial charge in [-0.05, 0) is 42.8 Å². The minimum atomic E-state index is -0.0829. The number of pyridine rings is 2. The van der Waals surface area contributed by atoms with E-state index in [0.717, 1.165) is 28.5 Å². The second-order valence-electron chi connectivity index (χ2n) is 9.81. The van der Waals surface area contributed by atoms with Gasteiger partial charge in [0.25, 0.3) is 0 Å². The van der Waals surface area contributed by atoms with Crippen molar-refractivity contribution in [2.75, 3.05) is 36.5 Å². The van der Waals surface area contributed by atoms with Crippen LogP contribution < -0.4 is 19.7 Å². The van der Waals surface area contributed by atoms with Gasteiger partial charge >= 0.3 is 0 Å². The molecule has 1 saturated heterocycles. The number of aryl methyl sites for hydroxylation is 1. The van der Waals surface area contributed by atoms with Gasteiger partial charge in [-0.25, -0.2) is 19.9 Å². The van der Waals surface area contributed by atoms with E-state index in [0.29, 0.717) is 54.6 Å². The van der Waals surface area contributed by atoms with Gasteiger partial charge < -0.3 is 29.0 Å². The van der Waals surface area contributed by atoms with Crippen LogP contribution in [0.5, 0.6) is 17.2 Å². The van der Waals surface area contributed by atoms with Crippen LogP contribution in [-0.4, -0.2) is 67.4 Å². The first-order valence-corrected chi connectivity index (χ1v) is 13.0. The van der Waals surface area contributed by atoms with Crippen LogP contribution in [0.2, 0.25) is 0 Å². The minimum Gasteiger partial charge on any atom is -0.487 e. The molecule has 0 radical (unpaired) electrons. The average Bonchev–Trinajstić information content (AvgIpc) is 3.40. The summed E-state index contributed by atoms with van der Waals surface area (Å²) in [4.78, 5) is 34.5. The number of piperazine rings is 1. The Labute approximate surface area is 229 Å². The Hall–Kier alpha value is -5.19. The van der Waals surface area contributed by atoms with Crippen molar-refractivity contribution in [1.29, 1.82) is 0 Å². The molecule has 2 aliphatic heterocycles. The van der Waals surface area contributed by atoms with Crippen molar-refractivity contribution in [3.8, 4) is 17.2 Å². The highest BCUT2D eigenvalue weighted by Gasteiger charge is 2.34. The van der Waals surface area contributed by atoms with Crippen molar-refractivity contribution in [2.45, 2.75) is 13.0 Å². The molecule has 1 unspecified atom stereocenters. The van der Waals surface area contributed by atoms with Gasteiger partial charge in [-0.2, -0.15) is 0 Å². The number of imidazole rings is 1. The molecule has 1 atom stereocenters. The molecule has 200 valence electrons. The van der Waals surface area contributed by atoms with Crippen molar-refractivity contribution >= 4 is 39.9 Å². The zero-order valence-electron chi connectivity index (χ0n) is 21.8. The summed E-state index contributed by atoms with van der Waals surface area (Å²) in [5.74, 6) is 3.35. The van der Waals surface area contributed by atoms with Gasteiger partial charge in [-0.15, -0.1) is 0 Å². The summed E-state index contributed by atoms with van der Waals surface area (Å²) in [5, 5.41) is 3.40. The van der Waals surface area contributed by atoms with E-state index in [2.05, 4.69) is 31.7 Å². The molecule has 0 saturated carbocycles. The van der Waals surface area contributed by atoms with Crippen molar-refractivity contribution in [3.05, 3.63) is 79.5 Å². The van der Waals surface area contributed by atoms with Gasteiger partial charge in [0, 0.05) is 56.0 Å². The number of aromatic nitrogens is 5. The normalized spacial score (nSPS) is 16.3. The topological polar surface area (TPSA) is 110 Å². The number of carbonyl (C=O) groups is 1. The number of benzene rings is 1. The zero-order chi connectivity index (χ0) is 27.2. The summed E-state index contributed by atoms with van der Waals surface area (Å²) in [6.45, 7) is 7.88. The second kappa shape index (κ2) is 9.53. The smallest absolute Gasteiger partial charge is 0.246 e. The molecule has 40 heavy (non-hydrogen) atoms. The van der Waals surface area contributed by atoms with Crippen molar-refractivity contribution in [2.24, 2.45) is 0 Å². The van der Waals surface area contributed by atoms with Crippen LogP contribution in [0.25, 0.3) is 16.7 Å². The van der Waals surface area contributed by atoms with Crippen LogP contribution in [0.4, 0.5) is 17.3 Å². The Morgan fingerprint density at radius 1 is 1.15 bits per heavy atom. The number of carbonyl (C=O) groups excluding carboxylic acids is 1. The fraction of sp³-hybridized carbons (Fsp3) is 0.207. The van der Waals surface area contributed by atoms with Crippen LogP contribution in [-0.2, 0) is 4.79 Å². The first-order valence-electron chi connectivity index (χ1n) is 13.0. The highest BCUT2D eigenvalue weighted by atomic mass is 16.5. The highest BCUT2D eigenvalue weighted by molar-refractivity contribution is 5.90. The molecule has 1 amide bonds. The summed E-state index contributed by atoms with van der Waals surface area (Å²) in [7, 11) is 0. The van der Waals surface area contributed by atoms with Crippen LogP contribution >= 0.6 is 0 Å². The van der Waals surface area contributed by atoms with Gasteiger partial charge in [-0.1, -0.05) is 6.58 Å². The van der Waals surface area contributed by atoms with Crippen molar-refractivity contribution in [3.63, 3.8) is 0 Å². The van der Waals surface area contributed by atoms with Crippen LogP contribution in [0, 0.1) is 6.92 Å². The number of fused-ring (bicyclic) bond motifs is 6. The van der Waals surface area contributed by atoms with Gasteiger partial charge in [0.15, 0.2) is 17.4 Å². The number of ether oxygens (including phenoxy) is 2. The molecule has 2 bridgehead atoms. The van der Waals surface area contributed by atoms with E-state index in [-0.39, 0.29) is 11.9 Å². The number of nitrogens with zero attached hydrogens (tertiary/aromatic N) is 7. The lowest BCUT2D eigenvalue weighted by Crippen LogP contribution is -2.56. The van der Waals surface area contributed by atoms with Crippen molar-refractivity contribution in [1.82, 2.24) is 29.2 Å². The monoisotopic (exact) mass is 534 g/mol. The quantitative estimate of drug-likeness (QED) is 0.333. The molecule has 0 spiro atoms. The summed E-state index contributed by atoms with van der Waals surface area (Å²) in [6, 6.07) is 11.5. The molecule has 5 aromatic rings. The zero-order valence-corrected chi connectivity index (χ0v) is 21.8. The van der Waals surface area contributed by atoms with E-state index in [9.17, 15) is 4.79 Å². The Balaban J connectivity index is 1.15. The fourth-order valence-corrected chi connectivity index (χ4v) is 5.23. The highest BCUT2D eigenvalue weighted by Crippen LogP contribution is 2.36. The Morgan fingerprint density at radius 2 is 2.08 bits per heavy atom. The third-order valence-corrected chi connectivity index (χ3v) is 7.26. The lowest BCUT2D eigenvalue weighted by molar-refractivity contribution is -0.129. The molecule has 6 heterocycles. The SMILES string of the molecule is C=CC(=O)N1CCN2CC1COc1cc3ncnc(Nc4ccc(Oc5ccn6ccnc6c5)c(C)c4)c3nc12. The largest absolute Gasteiger partial charge is 0.487 e. The number of rotatable bonds is 5. The summed E-state index contributed by atoms with van der Waals surface area (Å²) in [6.07, 6.45) is 8.43. The third-order valence-electron chi connectivity index (χ3n) is 7.26. The first-order chi connectivity index (χ1) is 19.6. The van der Waals surface area contributed by atoms with Crippen LogP contribution in [0.3, 0.4) is 0 Å². The van der Waals surface area contributed by atoms with Gasteiger partial charge in [0.2, 0.25) is 5.91 Å². The summed E-state index contributed by atoms with van der Waals surface area (Å²) >= 11 is 0. The number of nitrogens with one attached hydrogen (secondary N) is 1. The molecule has 2 aliphatic rings. The van der Waals surface area contributed by atoms with E-state index in [1.165, 1.54) is 12.4 Å². The lowest BCUT2D eigenvalue weighted by Gasteiger charge is -2.39. The molecule has 11 heteroatoms. The molecule has 1 fully saturated rings. The van der Waals surface area contributed by atoms with Crippen LogP contribution in [0.15, 0.2) is 74.0 Å². The molecule has 1 N–H and O–H groups in total. The van der Waals surface area contributed by atoms with Gasteiger partial charge in [0.05, 0.1) is 11.6 Å². The van der Waals surface area contributed by atoms with Crippen LogP contribution in [0.1, 0.15) is 5.56 Å². The van der Waals surface area contributed by atoms with E-state index < -0.39 is 0 Å². The summed E-state index contributed by atoms with van der Waals surface area (Å²) in [5.41, 5.74) is 3.93. The Bertz CT molecular complexity index is 1780. The number of hydrogen-bond donors (Lipinski definition) is 1. The molecular weight excluding hydrogens is 508 g/mol. The predicted molar refractivity (Wildman–Crippen MR) is 150 cm³/mol. The van der Waals surface area contributed by atoms with Gasteiger partial charge in [0.1, 0.15) is 35.6 Å². The molecule has 0 aliphatic carbocycles. The number of anilines is 3. The number of hydrogen-bond acceptors (Lipinski definition) is 9. The van der Waals surface area contributed by atoms with E-state index in [4.69, 9.17) is 14.5 Å². The van der Waals surface area contributed by atoms with Gasteiger partial charge in [-0.3, -0.25) is 4.79 Å². The maximum atomic E-state index is 12.3. The third kappa shape index (κ3) is 4.21. The van der Waals surface area contributed by atoms with E-state index in [1.54, 1.807) is 6.20 Å². The van der Waals surface area contributed by atoms with E-state index >= 15 is 0 Å². The average molecular weight is 535 g/mol. The predicted octanol–water partition coefficient (Wildman–Crippen LogP) is 4.11. The molecule has 7 rings (SSSR count). The number of amides is 1. The molecule has 4 aromatic heterocycles. The Morgan fingerprint density at radius 3 is 2.95 bits per heavy atom. The summed E-state index contributed by atoms with van der Waals surface area (Å²) < 4.78 is 14.2. The Kier molecular flexibility index (Phi) is 5.69. The second-order valence-corrected chi connectivity index (χ2v) is 9.81. The fourth-order valence-electron chi connectivity index (χ4n) is 5.23. The molecule has 1 aromatic carbocycles. The standard InChI is InChI=1S/C29H26N8O3/c1-3-26(38)37-11-10-36-15-20(37)16-39-24-14-22-27(34-29(24)36)28(32-17-31-22)33-19-4-5-23(18(2)12-19)40-21-6-8-35-9-7-30-25(35)13-21/h3-9,12-14,17,20H,1,10-11,15-16H2,2H3,(H,31,32,33). The first kappa shape index (κ1) is 23.9. The maximum Gasteiger partial charge on any atom is 0.246 e. The molecular formula is C29H26N8O3. The minimum absolute atomic E-state index is 0.0782.